The molecule has 2 aromatic rings. The molecule has 4 heteroatoms. The molecule has 20 heavy (non-hydrogen) atoms. The molecule has 0 aliphatic heterocycles. The van der Waals surface area contributed by atoms with Gasteiger partial charge < -0.3 is 9.30 Å². The third kappa shape index (κ3) is 3.00. The van der Waals surface area contributed by atoms with Crippen LogP contribution in [0.15, 0.2) is 24.3 Å². The number of aryl methyl sites for hydroxylation is 1. The SMILES string of the molecule is CCCc1nc2ccccc2n1C(C)CC(=O)OCC. The number of carbonyl (C=O) groups is 1. The molecule has 108 valence electrons. The van der Waals surface area contributed by atoms with E-state index < -0.39 is 0 Å². The molecule has 0 aliphatic carbocycles. The summed E-state index contributed by atoms with van der Waals surface area (Å²) >= 11 is 0. The Morgan fingerprint density at radius 3 is 2.80 bits per heavy atom. The molecule has 1 aromatic carbocycles. The van der Waals surface area contributed by atoms with Crippen molar-refractivity contribution in [1.29, 1.82) is 0 Å². The summed E-state index contributed by atoms with van der Waals surface area (Å²) in [6, 6.07) is 8.13. The van der Waals surface area contributed by atoms with E-state index in [-0.39, 0.29) is 12.0 Å². The van der Waals surface area contributed by atoms with Crippen LogP contribution < -0.4 is 0 Å². The van der Waals surface area contributed by atoms with Crippen molar-refractivity contribution in [2.75, 3.05) is 6.61 Å². The Morgan fingerprint density at radius 2 is 2.10 bits per heavy atom. The Kier molecular flexibility index (Phi) is 4.77. The maximum Gasteiger partial charge on any atom is 0.307 e. The van der Waals surface area contributed by atoms with Gasteiger partial charge in [-0.15, -0.1) is 0 Å². The molecule has 0 N–H and O–H groups in total. The van der Waals surface area contributed by atoms with Gasteiger partial charge in [0.15, 0.2) is 0 Å². The molecule has 0 aliphatic rings. The topological polar surface area (TPSA) is 44.1 Å². The summed E-state index contributed by atoms with van der Waals surface area (Å²) in [6.45, 7) is 6.44. The lowest BCUT2D eigenvalue weighted by Gasteiger charge is -2.16. The molecular weight excluding hydrogens is 252 g/mol. The van der Waals surface area contributed by atoms with E-state index in [1.165, 1.54) is 0 Å². The zero-order chi connectivity index (χ0) is 14.5. The summed E-state index contributed by atoms with van der Waals surface area (Å²) in [7, 11) is 0. The minimum Gasteiger partial charge on any atom is -0.466 e. The third-order valence-electron chi connectivity index (χ3n) is 3.35. The summed E-state index contributed by atoms with van der Waals surface area (Å²) in [5.74, 6) is 0.894. The fraction of sp³-hybridized carbons (Fsp3) is 0.500. The first kappa shape index (κ1) is 14.6. The number of nitrogens with zero attached hydrogens (tertiary/aromatic N) is 2. The highest BCUT2D eigenvalue weighted by molar-refractivity contribution is 5.77. The van der Waals surface area contributed by atoms with E-state index in [1.807, 2.05) is 32.0 Å². The Labute approximate surface area is 119 Å². The predicted molar refractivity (Wildman–Crippen MR) is 79.7 cm³/mol. The van der Waals surface area contributed by atoms with Gasteiger partial charge in [0, 0.05) is 12.5 Å². The summed E-state index contributed by atoms with van der Waals surface area (Å²) in [5.41, 5.74) is 2.08. The molecule has 1 aromatic heterocycles. The first-order chi connectivity index (χ1) is 9.67. The second-order valence-corrected chi connectivity index (χ2v) is 4.99. The number of ether oxygens (including phenoxy) is 1. The van der Waals surface area contributed by atoms with Crippen LogP contribution in [0, 0.1) is 0 Å². The van der Waals surface area contributed by atoms with Gasteiger partial charge in [-0.25, -0.2) is 4.98 Å². The molecule has 0 bridgehead atoms. The van der Waals surface area contributed by atoms with Crippen LogP contribution in [0.1, 0.15) is 45.5 Å². The van der Waals surface area contributed by atoms with Gasteiger partial charge in [0.1, 0.15) is 5.82 Å². The Hall–Kier alpha value is -1.84. The Morgan fingerprint density at radius 1 is 1.35 bits per heavy atom. The van der Waals surface area contributed by atoms with Gasteiger partial charge >= 0.3 is 5.97 Å². The first-order valence-electron chi connectivity index (χ1n) is 7.28. The highest BCUT2D eigenvalue weighted by Gasteiger charge is 2.18. The number of rotatable bonds is 6. The Bertz CT molecular complexity index is 589. The molecule has 1 atom stereocenters. The van der Waals surface area contributed by atoms with Gasteiger partial charge in [0.25, 0.3) is 0 Å². The number of esters is 1. The third-order valence-corrected chi connectivity index (χ3v) is 3.35. The van der Waals surface area contributed by atoms with Crippen LogP contribution in [0.4, 0.5) is 0 Å². The first-order valence-corrected chi connectivity index (χ1v) is 7.28. The normalized spacial score (nSPS) is 12.6. The van der Waals surface area contributed by atoms with Gasteiger partial charge in [-0.2, -0.15) is 0 Å². The second-order valence-electron chi connectivity index (χ2n) is 4.99. The average Bonchev–Trinajstić information content (AvgIpc) is 2.77. The monoisotopic (exact) mass is 274 g/mol. The second kappa shape index (κ2) is 6.55. The fourth-order valence-electron chi connectivity index (χ4n) is 2.54. The van der Waals surface area contributed by atoms with Crippen LogP contribution in [0.5, 0.6) is 0 Å². The minimum atomic E-state index is -0.153. The van der Waals surface area contributed by atoms with Crippen molar-refractivity contribution in [3.05, 3.63) is 30.1 Å². The lowest BCUT2D eigenvalue weighted by Crippen LogP contribution is -2.15. The zero-order valence-corrected chi connectivity index (χ0v) is 12.4. The maximum absolute atomic E-state index is 11.7. The number of imidazole rings is 1. The van der Waals surface area contributed by atoms with E-state index in [9.17, 15) is 4.79 Å². The number of carbonyl (C=O) groups excluding carboxylic acids is 1. The molecule has 0 radical (unpaired) electrons. The summed E-state index contributed by atoms with van der Waals surface area (Å²) in [5, 5.41) is 0. The highest BCUT2D eigenvalue weighted by atomic mass is 16.5. The maximum atomic E-state index is 11.7. The van der Waals surface area contributed by atoms with E-state index in [4.69, 9.17) is 4.74 Å². The van der Waals surface area contributed by atoms with E-state index >= 15 is 0 Å². The molecule has 0 saturated heterocycles. The number of aromatic nitrogens is 2. The van der Waals surface area contributed by atoms with Gasteiger partial charge in [-0.3, -0.25) is 4.79 Å². The van der Waals surface area contributed by atoms with Gasteiger partial charge in [-0.1, -0.05) is 19.1 Å². The van der Waals surface area contributed by atoms with Gasteiger partial charge in [0.2, 0.25) is 0 Å². The largest absolute Gasteiger partial charge is 0.466 e. The quantitative estimate of drug-likeness (QED) is 0.757. The van der Waals surface area contributed by atoms with Crippen LogP contribution in [-0.4, -0.2) is 22.1 Å². The summed E-state index contributed by atoms with van der Waals surface area (Å²) in [4.78, 5) is 16.4. The van der Waals surface area contributed by atoms with Crippen molar-refractivity contribution in [2.45, 2.75) is 46.1 Å². The average molecular weight is 274 g/mol. The molecule has 4 nitrogen and oxygen atoms in total. The van der Waals surface area contributed by atoms with Crippen molar-refractivity contribution in [3.63, 3.8) is 0 Å². The molecule has 0 amide bonds. The van der Waals surface area contributed by atoms with Crippen molar-refractivity contribution in [2.24, 2.45) is 0 Å². The van der Waals surface area contributed by atoms with E-state index in [0.717, 1.165) is 29.7 Å². The van der Waals surface area contributed by atoms with Crippen LogP contribution >= 0.6 is 0 Å². The van der Waals surface area contributed by atoms with Crippen LogP contribution in [0.3, 0.4) is 0 Å². The number of benzene rings is 1. The number of fused-ring (bicyclic) bond motifs is 1. The molecule has 1 heterocycles. The van der Waals surface area contributed by atoms with Crippen molar-refractivity contribution >= 4 is 17.0 Å². The smallest absolute Gasteiger partial charge is 0.307 e. The van der Waals surface area contributed by atoms with E-state index in [1.54, 1.807) is 0 Å². The van der Waals surface area contributed by atoms with Crippen LogP contribution in [-0.2, 0) is 16.0 Å². The fourth-order valence-corrected chi connectivity index (χ4v) is 2.54. The summed E-state index contributed by atoms with van der Waals surface area (Å²) in [6.07, 6.45) is 2.34. The van der Waals surface area contributed by atoms with E-state index in [2.05, 4.69) is 22.5 Å². The Balaban J connectivity index is 2.34. The van der Waals surface area contributed by atoms with Crippen LogP contribution in [0.2, 0.25) is 0 Å². The van der Waals surface area contributed by atoms with Gasteiger partial charge in [-0.05, 0) is 32.4 Å². The lowest BCUT2D eigenvalue weighted by atomic mass is 10.2. The van der Waals surface area contributed by atoms with E-state index in [0.29, 0.717) is 13.0 Å². The van der Waals surface area contributed by atoms with Crippen molar-refractivity contribution in [1.82, 2.24) is 9.55 Å². The highest BCUT2D eigenvalue weighted by Crippen LogP contribution is 2.24. The molecule has 1 unspecified atom stereocenters. The number of para-hydroxylation sites is 2. The number of hydrogen-bond donors (Lipinski definition) is 0. The molecule has 0 saturated carbocycles. The molecule has 0 spiro atoms. The summed E-state index contributed by atoms with van der Waals surface area (Å²) < 4.78 is 7.23. The van der Waals surface area contributed by atoms with Gasteiger partial charge in [0.05, 0.1) is 24.1 Å². The lowest BCUT2D eigenvalue weighted by molar-refractivity contribution is -0.143. The zero-order valence-electron chi connectivity index (χ0n) is 12.4. The minimum absolute atomic E-state index is 0.0583. The van der Waals surface area contributed by atoms with Crippen molar-refractivity contribution in [3.8, 4) is 0 Å². The standard InChI is InChI=1S/C16H22N2O2/c1-4-8-15-17-13-9-6-7-10-14(13)18(15)12(3)11-16(19)20-5-2/h6-7,9-10,12H,4-5,8,11H2,1-3H3. The number of hydrogen-bond acceptors (Lipinski definition) is 3. The molecular formula is C16H22N2O2. The van der Waals surface area contributed by atoms with Crippen LogP contribution in [0.25, 0.3) is 11.0 Å². The predicted octanol–water partition coefficient (Wildman–Crippen LogP) is 3.50. The van der Waals surface area contributed by atoms with Crippen molar-refractivity contribution < 1.29 is 9.53 Å². The molecule has 2 rings (SSSR count). The molecule has 0 fully saturated rings.